The highest BCUT2D eigenvalue weighted by molar-refractivity contribution is 6.09. The molecular formula is C13H8N2O. The third-order valence-electron chi connectivity index (χ3n) is 1.91. The van der Waals surface area contributed by atoms with E-state index in [2.05, 4.69) is 21.8 Å². The van der Waals surface area contributed by atoms with Crippen LogP contribution in [0.5, 0.6) is 0 Å². The minimum absolute atomic E-state index is 0.239. The number of hydrogen-bond acceptors (Lipinski definition) is 3. The Morgan fingerprint density at radius 1 is 1.06 bits per heavy atom. The van der Waals surface area contributed by atoms with Crippen LogP contribution in [0.1, 0.15) is 15.9 Å². The minimum Gasteiger partial charge on any atom is -0.279 e. The summed E-state index contributed by atoms with van der Waals surface area (Å²) in [4.78, 5) is 19.4. The molecule has 2 heterocycles. The van der Waals surface area contributed by atoms with Crippen molar-refractivity contribution in [2.24, 2.45) is 0 Å². The van der Waals surface area contributed by atoms with Gasteiger partial charge in [-0.15, -0.1) is 0 Å². The minimum atomic E-state index is -0.239. The SMILES string of the molecule is O=C(C#Cc1cccnc1)c1cccnc1. The van der Waals surface area contributed by atoms with Gasteiger partial charge in [0.2, 0.25) is 5.78 Å². The standard InChI is InChI=1S/C13H8N2O/c16-13(12-4-2-8-15-10-12)6-5-11-3-1-7-14-9-11/h1-4,7-10H. The van der Waals surface area contributed by atoms with Gasteiger partial charge in [0.05, 0.1) is 0 Å². The average molecular weight is 208 g/mol. The second-order valence-electron chi connectivity index (χ2n) is 3.06. The quantitative estimate of drug-likeness (QED) is 0.529. The summed E-state index contributed by atoms with van der Waals surface area (Å²) in [5.74, 6) is 5.06. The van der Waals surface area contributed by atoms with E-state index in [1.54, 1.807) is 42.9 Å². The summed E-state index contributed by atoms with van der Waals surface area (Å²) in [5, 5.41) is 0. The maximum atomic E-state index is 11.6. The smallest absolute Gasteiger partial charge is 0.237 e. The third kappa shape index (κ3) is 2.52. The molecule has 0 unspecified atom stereocenters. The van der Waals surface area contributed by atoms with Crippen LogP contribution in [-0.2, 0) is 0 Å². The number of Topliss-reactive ketones (excluding diaryl/α,β-unsaturated/α-hetero) is 1. The van der Waals surface area contributed by atoms with E-state index >= 15 is 0 Å². The fourth-order valence-corrected chi connectivity index (χ4v) is 1.13. The van der Waals surface area contributed by atoms with Crippen molar-refractivity contribution in [3.8, 4) is 11.8 Å². The van der Waals surface area contributed by atoms with Gasteiger partial charge in [0.1, 0.15) is 0 Å². The first-order valence-corrected chi connectivity index (χ1v) is 4.72. The molecule has 0 saturated heterocycles. The normalized spacial score (nSPS) is 9.00. The Kier molecular flexibility index (Phi) is 3.05. The van der Waals surface area contributed by atoms with E-state index < -0.39 is 0 Å². The Labute approximate surface area is 93.2 Å². The molecular weight excluding hydrogens is 200 g/mol. The van der Waals surface area contributed by atoms with Crippen LogP contribution in [-0.4, -0.2) is 15.8 Å². The Morgan fingerprint density at radius 2 is 1.81 bits per heavy atom. The second-order valence-corrected chi connectivity index (χ2v) is 3.06. The number of nitrogens with zero attached hydrogens (tertiary/aromatic N) is 2. The lowest BCUT2D eigenvalue weighted by Crippen LogP contribution is -1.95. The number of carbonyl (C=O) groups excluding carboxylic acids is 1. The van der Waals surface area contributed by atoms with Crippen LogP contribution in [0, 0.1) is 11.8 Å². The van der Waals surface area contributed by atoms with Gasteiger partial charge >= 0.3 is 0 Å². The van der Waals surface area contributed by atoms with E-state index in [1.165, 1.54) is 6.20 Å². The molecule has 0 aliphatic rings. The molecule has 0 aliphatic carbocycles. The van der Waals surface area contributed by atoms with Crippen molar-refractivity contribution in [1.82, 2.24) is 9.97 Å². The molecule has 2 aromatic heterocycles. The zero-order valence-corrected chi connectivity index (χ0v) is 8.42. The predicted octanol–water partition coefficient (Wildman–Crippen LogP) is 1.71. The Bertz CT molecular complexity index is 538. The molecule has 3 heteroatoms. The molecule has 0 saturated carbocycles. The van der Waals surface area contributed by atoms with E-state index in [4.69, 9.17) is 0 Å². The van der Waals surface area contributed by atoms with Gasteiger partial charge in [0.15, 0.2) is 0 Å². The molecule has 2 aromatic rings. The Balaban J connectivity index is 2.18. The van der Waals surface area contributed by atoms with Crippen LogP contribution in [0.4, 0.5) is 0 Å². The van der Waals surface area contributed by atoms with Crippen molar-refractivity contribution < 1.29 is 4.79 Å². The van der Waals surface area contributed by atoms with Crippen molar-refractivity contribution in [2.75, 3.05) is 0 Å². The van der Waals surface area contributed by atoms with Crippen LogP contribution in [0.25, 0.3) is 0 Å². The molecule has 0 aliphatic heterocycles. The summed E-state index contributed by atoms with van der Waals surface area (Å²) in [7, 11) is 0. The molecule has 0 aromatic carbocycles. The predicted molar refractivity (Wildman–Crippen MR) is 59.7 cm³/mol. The van der Waals surface area contributed by atoms with Crippen LogP contribution in [0.15, 0.2) is 49.1 Å². The van der Waals surface area contributed by atoms with Crippen LogP contribution in [0.2, 0.25) is 0 Å². The van der Waals surface area contributed by atoms with E-state index in [0.717, 1.165) is 5.56 Å². The highest BCUT2D eigenvalue weighted by Gasteiger charge is 1.99. The summed E-state index contributed by atoms with van der Waals surface area (Å²) in [6, 6.07) is 6.97. The topological polar surface area (TPSA) is 42.9 Å². The molecule has 0 fully saturated rings. The number of hydrogen-bond donors (Lipinski definition) is 0. The maximum Gasteiger partial charge on any atom is 0.237 e. The second kappa shape index (κ2) is 4.85. The molecule has 2 rings (SSSR count). The fourth-order valence-electron chi connectivity index (χ4n) is 1.13. The highest BCUT2D eigenvalue weighted by atomic mass is 16.1. The Morgan fingerprint density at radius 3 is 2.44 bits per heavy atom. The van der Waals surface area contributed by atoms with E-state index in [0.29, 0.717) is 5.56 Å². The van der Waals surface area contributed by atoms with Gasteiger partial charge < -0.3 is 0 Å². The fraction of sp³-hybridized carbons (Fsp3) is 0. The van der Waals surface area contributed by atoms with Gasteiger partial charge in [-0.1, -0.05) is 5.92 Å². The van der Waals surface area contributed by atoms with Crippen LogP contribution >= 0.6 is 0 Å². The summed E-state index contributed by atoms with van der Waals surface area (Å²) >= 11 is 0. The zero-order chi connectivity index (χ0) is 11.2. The largest absolute Gasteiger partial charge is 0.279 e. The molecule has 0 amide bonds. The van der Waals surface area contributed by atoms with Crippen molar-refractivity contribution >= 4 is 5.78 Å². The van der Waals surface area contributed by atoms with Crippen LogP contribution < -0.4 is 0 Å². The van der Waals surface area contributed by atoms with Gasteiger partial charge in [0.25, 0.3) is 0 Å². The van der Waals surface area contributed by atoms with Gasteiger partial charge in [-0.25, -0.2) is 0 Å². The van der Waals surface area contributed by atoms with Crippen molar-refractivity contribution in [3.63, 3.8) is 0 Å². The summed E-state index contributed by atoms with van der Waals surface area (Å²) in [6.45, 7) is 0. The number of pyridine rings is 2. The van der Waals surface area contributed by atoms with Crippen molar-refractivity contribution in [2.45, 2.75) is 0 Å². The molecule has 76 valence electrons. The van der Waals surface area contributed by atoms with E-state index in [-0.39, 0.29) is 5.78 Å². The first-order valence-electron chi connectivity index (χ1n) is 4.72. The molecule has 0 N–H and O–H groups in total. The molecule has 0 radical (unpaired) electrons. The van der Waals surface area contributed by atoms with E-state index in [9.17, 15) is 4.79 Å². The number of aromatic nitrogens is 2. The summed E-state index contributed by atoms with van der Waals surface area (Å²) in [6.07, 6.45) is 6.39. The van der Waals surface area contributed by atoms with E-state index in [1.807, 2.05) is 0 Å². The average Bonchev–Trinajstić information content (AvgIpc) is 2.38. The van der Waals surface area contributed by atoms with Gasteiger partial charge in [-0.3, -0.25) is 14.8 Å². The first kappa shape index (κ1) is 10.1. The molecule has 0 bridgehead atoms. The molecule has 0 atom stereocenters. The van der Waals surface area contributed by atoms with Crippen molar-refractivity contribution in [1.29, 1.82) is 0 Å². The van der Waals surface area contributed by atoms with Gasteiger partial charge in [-0.05, 0) is 30.2 Å². The molecule has 3 nitrogen and oxygen atoms in total. The monoisotopic (exact) mass is 208 g/mol. The lowest BCUT2D eigenvalue weighted by atomic mass is 10.2. The molecule has 16 heavy (non-hydrogen) atoms. The number of carbonyl (C=O) groups is 1. The number of rotatable bonds is 1. The summed E-state index contributed by atoms with van der Waals surface area (Å²) in [5.41, 5.74) is 1.22. The zero-order valence-electron chi connectivity index (χ0n) is 8.42. The third-order valence-corrected chi connectivity index (χ3v) is 1.91. The highest BCUT2D eigenvalue weighted by Crippen LogP contribution is 1.97. The first-order chi connectivity index (χ1) is 7.86. The summed E-state index contributed by atoms with van der Waals surface area (Å²) < 4.78 is 0. The Hall–Kier alpha value is -2.47. The molecule has 0 spiro atoms. The maximum absolute atomic E-state index is 11.6. The lowest BCUT2D eigenvalue weighted by Gasteiger charge is -1.90. The lowest BCUT2D eigenvalue weighted by molar-refractivity contribution is 0.105. The van der Waals surface area contributed by atoms with Crippen molar-refractivity contribution in [3.05, 3.63) is 60.2 Å². The number of ketones is 1. The van der Waals surface area contributed by atoms with Gasteiger partial charge in [-0.2, -0.15) is 0 Å². The van der Waals surface area contributed by atoms with Gasteiger partial charge in [0, 0.05) is 35.9 Å². The van der Waals surface area contributed by atoms with Crippen LogP contribution in [0.3, 0.4) is 0 Å².